The molecule has 0 radical (unpaired) electrons. The molecule has 1 saturated heterocycles. The van der Waals surface area contributed by atoms with Gasteiger partial charge in [-0.2, -0.15) is 0 Å². The smallest absolute Gasteiger partial charge is 0.261 e. The van der Waals surface area contributed by atoms with Gasteiger partial charge in [-0.05, 0) is 107 Å². The first-order valence-corrected chi connectivity index (χ1v) is 14.3. The number of oxime groups is 1. The number of nitrogens with one attached hydrogen (secondary N) is 2. The first-order valence-electron chi connectivity index (χ1n) is 14.3. The molecular weight excluding hydrogens is 470 g/mol. The molecule has 0 bridgehead atoms. The molecule has 1 aliphatic heterocycles. The molecule has 5 rings (SSSR count). The molecule has 3 N–H and O–H groups in total. The summed E-state index contributed by atoms with van der Waals surface area (Å²) in [4.78, 5) is 42.2. The lowest BCUT2D eigenvalue weighted by Gasteiger charge is -2.59. The maximum Gasteiger partial charge on any atom is 0.261 e. The van der Waals surface area contributed by atoms with Gasteiger partial charge in [0, 0.05) is 12.0 Å². The van der Waals surface area contributed by atoms with E-state index in [-0.39, 0.29) is 35.0 Å². The van der Waals surface area contributed by atoms with Crippen LogP contribution in [0.4, 0.5) is 0 Å². The third-order valence-electron chi connectivity index (χ3n) is 11.0. The van der Waals surface area contributed by atoms with E-state index in [2.05, 4.69) is 35.7 Å². The second-order valence-corrected chi connectivity index (χ2v) is 12.7. The molecule has 37 heavy (non-hydrogen) atoms. The van der Waals surface area contributed by atoms with Crippen molar-refractivity contribution in [2.75, 3.05) is 13.2 Å². The Balaban J connectivity index is 1.22. The predicted molar refractivity (Wildman–Crippen MR) is 140 cm³/mol. The number of carbonyl (C=O) groups is 3. The Hall–Kier alpha value is -2.22. The molecule has 204 valence electrons. The molecule has 8 heteroatoms. The molecule has 0 aromatic carbocycles. The first-order chi connectivity index (χ1) is 17.6. The van der Waals surface area contributed by atoms with Crippen molar-refractivity contribution >= 4 is 23.3 Å². The van der Waals surface area contributed by atoms with Crippen LogP contribution < -0.4 is 10.6 Å². The van der Waals surface area contributed by atoms with Gasteiger partial charge in [-0.25, -0.2) is 0 Å². The Morgan fingerprint density at radius 3 is 2.68 bits per heavy atom. The predicted octanol–water partition coefficient (Wildman–Crippen LogP) is 3.43. The molecule has 3 saturated carbocycles. The number of Topliss-reactive ketones (excluding diaryl/α,β-unsaturated/α-hetero) is 1. The monoisotopic (exact) mass is 513 g/mol. The second kappa shape index (κ2) is 9.83. The number of allylic oxidation sites excluding steroid dienone is 2. The Kier molecular flexibility index (Phi) is 7.01. The summed E-state index contributed by atoms with van der Waals surface area (Å²) >= 11 is 0. The van der Waals surface area contributed by atoms with E-state index >= 15 is 0 Å². The highest BCUT2D eigenvalue weighted by Crippen LogP contribution is 2.67. The van der Waals surface area contributed by atoms with Crippen molar-refractivity contribution in [1.29, 1.82) is 0 Å². The Bertz CT molecular complexity index is 1020. The van der Waals surface area contributed by atoms with Crippen molar-refractivity contribution < 1.29 is 24.3 Å². The van der Waals surface area contributed by atoms with Crippen LogP contribution in [0.15, 0.2) is 16.8 Å². The highest BCUT2D eigenvalue weighted by Gasteiger charge is 2.65. The minimum atomic E-state index is -1.17. The van der Waals surface area contributed by atoms with Crippen LogP contribution in [0.3, 0.4) is 0 Å². The quantitative estimate of drug-likeness (QED) is 0.487. The van der Waals surface area contributed by atoms with Gasteiger partial charge in [-0.3, -0.25) is 14.4 Å². The number of carbonyl (C=O) groups excluding carboxylic acids is 3. The van der Waals surface area contributed by atoms with Crippen LogP contribution in [0.5, 0.6) is 0 Å². The Morgan fingerprint density at radius 1 is 1.11 bits per heavy atom. The highest BCUT2D eigenvalue weighted by molar-refractivity contribution is 5.96. The number of aliphatic hydroxyl groups is 1. The van der Waals surface area contributed by atoms with Crippen molar-refractivity contribution in [2.45, 2.75) is 103 Å². The second-order valence-electron chi connectivity index (χ2n) is 12.7. The molecule has 0 unspecified atom stereocenters. The zero-order chi connectivity index (χ0) is 26.4. The zero-order valence-electron chi connectivity index (χ0n) is 22.6. The van der Waals surface area contributed by atoms with Crippen molar-refractivity contribution in [3.63, 3.8) is 0 Å². The molecule has 0 aromatic heterocycles. The molecule has 1 heterocycles. The van der Waals surface area contributed by atoms with Crippen LogP contribution in [-0.2, 0) is 19.2 Å². The minimum absolute atomic E-state index is 0.0664. The molecule has 4 fully saturated rings. The third kappa shape index (κ3) is 4.43. The topological polar surface area (TPSA) is 117 Å². The molecular formula is C29H43N3O5. The van der Waals surface area contributed by atoms with Gasteiger partial charge in [0.15, 0.2) is 12.4 Å². The summed E-state index contributed by atoms with van der Waals surface area (Å²) in [7, 11) is 0. The van der Waals surface area contributed by atoms with Gasteiger partial charge < -0.3 is 20.6 Å². The standard InChI is InChI=1S/C29H43N3O5/c1-18(33)29(36)14-11-23-21-8-7-19-16-20(9-12-27(19,2)22(21)10-13-28(23,29)3)32-37-17-25(34)31-24-6-4-5-15-30-26(24)35/h16,21-24,36H,4-15,17H2,1-3H3,(H,30,35)(H,31,34)/b32-20+/t21-,22+,23+,24+,27-,28-,29-/m0/s1. The van der Waals surface area contributed by atoms with Crippen LogP contribution in [0.2, 0.25) is 0 Å². The van der Waals surface area contributed by atoms with Gasteiger partial charge in [0.2, 0.25) is 5.91 Å². The van der Waals surface area contributed by atoms with Gasteiger partial charge >= 0.3 is 0 Å². The summed E-state index contributed by atoms with van der Waals surface area (Å²) < 4.78 is 0. The van der Waals surface area contributed by atoms with Crippen LogP contribution >= 0.6 is 0 Å². The third-order valence-corrected chi connectivity index (χ3v) is 11.0. The van der Waals surface area contributed by atoms with E-state index in [1.54, 1.807) is 6.92 Å². The van der Waals surface area contributed by atoms with Crippen molar-refractivity contribution in [2.24, 2.45) is 33.7 Å². The molecule has 0 spiro atoms. The fraction of sp³-hybridized carbons (Fsp3) is 0.793. The SMILES string of the molecule is CC(=O)[C@@]1(O)CC[C@@H]2[C@H]3CCC4=C/C(=N/OCC(=O)N[C@@H]5CCCCNC5=O)CC[C@]4(C)[C@@H]3CC[C@@]21C. The highest BCUT2D eigenvalue weighted by atomic mass is 16.6. The van der Waals surface area contributed by atoms with Crippen molar-refractivity contribution in [1.82, 2.24) is 10.6 Å². The van der Waals surface area contributed by atoms with Crippen LogP contribution in [0, 0.1) is 28.6 Å². The summed E-state index contributed by atoms with van der Waals surface area (Å²) in [6.07, 6.45) is 12.0. The zero-order valence-corrected chi connectivity index (χ0v) is 22.6. The van der Waals surface area contributed by atoms with Crippen LogP contribution in [0.1, 0.15) is 91.4 Å². The van der Waals surface area contributed by atoms with E-state index < -0.39 is 11.6 Å². The number of hydrogen-bond acceptors (Lipinski definition) is 6. The van der Waals surface area contributed by atoms with Crippen LogP contribution in [0.25, 0.3) is 0 Å². The number of nitrogens with zero attached hydrogens (tertiary/aromatic N) is 1. The van der Waals surface area contributed by atoms with E-state index in [9.17, 15) is 19.5 Å². The van der Waals surface area contributed by atoms with Gasteiger partial charge in [0.25, 0.3) is 5.91 Å². The van der Waals surface area contributed by atoms with E-state index in [4.69, 9.17) is 4.84 Å². The summed E-state index contributed by atoms with van der Waals surface area (Å²) in [6.45, 7) is 6.58. The largest absolute Gasteiger partial charge is 0.385 e. The normalized spacial score (nSPS) is 42.4. The molecule has 8 nitrogen and oxygen atoms in total. The fourth-order valence-corrected chi connectivity index (χ4v) is 8.72. The number of amides is 2. The average molecular weight is 514 g/mol. The van der Waals surface area contributed by atoms with E-state index in [0.717, 1.165) is 63.5 Å². The summed E-state index contributed by atoms with van der Waals surface area (Å²) in [5, 5.41) is 21.2. The molecule has 7 atom stereocenters. The van der Waals surface area contributed by atoms with Crippen LogP contribution in [-0.4, -0.2) is 53.2 Å². The van der Waals surface area contributed by atoms with E-state index in [1.165, 1.54) is 5.57 Å². The summed E-state index contributed by atoms with van der Waals surface area (Å²) in [5.41, 5.74) is 0.911. The summed E-state index contributed by atoms with van der Waals surface area (Å²) in [5.74, 6) is 0.963. The van der Waals surface area contributed by atoms with Gasteiger partial charge in [-0.1, -0.05) is 24.6 Å². The molecule has 4 aliphatic carbocycles. The molecule has 2 amide bonds. The molecule has 0 aromatic rings. The lowest BCUT2D eigenvalue weighted by atomic mass is 9.46. The van der Waals surface area contributed by atoms with Gasteiger partial charge in [0.05, 0.1) is 5.71 Å². The number of rotatable bonds is 5. The van der Waals surface area contributed by atoms with Gasteiger partial charge in [0.1, 0.15) is 11.6 Å². The van der Waals surface area contributed by atoms with Crippen molar-refractivity contribution in [3.8, 4) is 0 Å². The Morgan fingerprint density at radius 2 is 1.89 bits per heavy atom. The lowest BCUT2D eigenvalue weighted by molar-refractivity contribution is -0.159. The van der Waals surface area contributed by atoms with E-state index in [0.29, 0.717) is 37.1 Å². The number of fused-ring (bicyclic) bond motifs is 5. The number of ketones is 1. The maximum atomic E-state index is 12.4. The minimum Gasteiger partial charge on any atom is -0.385 e. The number of hydrogen-bond donors (Lipinski definition) is 3. The average Bonchev–Trinajstić information content (AvgIpc) is 2.99. The fourth-order valence-electron chi connectivity index (χ4n) is 8.72. The first kappa shape index (κ1) is 26.4. The Labute approximate surface area is 220 Å². The van der Waals surface area contributed by atoms with Crippen molar-refractivity contribution in [3.05, 3.63) is 11.6 Å². The maximum absolute atomic E-state index is 12.4. The lowest BCUT2D eigenvalue weighted by Crippen LogP contribution is -2.57. The molecule has 5 aliphatic rings. The van der Waals surface area contributed by atoms with E-state index in [1.807, 2.05) is 0 Å². The van der Waals surface area contributed by atoms with Gasteiger partial charge in [-0.15, -0.1) is 0 Å². The summed E-state index contributed by atoms with van der Waals surface area (Å²) in [6, 6.07) is -0.498.